The van der Waals surface area contributed by atoms with Gasteiger partial charge in [-0.25, -0.2) is 0 Å². The lowest BCUT2D eigenvalue weighted by atomic mass is 10.1. The van der Waals surface area contributed by atoms with Gasteiger partial charge in [0.25, 0.3) is 0 Å². The largest absolute Gasteiger partial charge is 0.491 e. The SMILES string of the molecule is CC(C)Oc1ccc([C@@H](O)CNC(=O)CN2CCC[C@H]2C)cc1. The molecule has 0 unspecified atom stereocenters. The molecule has 1 aromatic carbocycles. The van der Waals surface area contributed by atoms with Crippen LogP contribution in [-0.2, 0) is 4.79 Å². The zero-order chi connectivity index (χ0) is 16.8. The van der Waals surface area contributed by atoms with Gasteiger partial charge in [0.15, 0.2) is 0 Å². The zero-order valence-corrected chi connectivity index (χ0v) is 14.3. The summed E-state index contributed by atoms with van der Waals surface area (Å²) >= 11 is 0. The molecule has 1 aliphatic heterocycles. The molecule has 1 saturated heterocycles. The Balaban J connectivity index is 1.77. The summed E-state index contributed by atoms with van der Waals surface area (Å²) in [6, 6.07) is 7.81. The summed E-state index contributed by atoms with van der Waals surface area (Å²) < 4.78 is 5.57. The molecule has 1 aliphatic rings. The predicted octanol–water partition coefficient (Wildman–Crippen LogP) is 2.11. The molecular formula is C18H28N2O3. The van der Waals surface area contributed by atoms with E-state index < -0.39 is 6.10 Å². The Labute approximate surface area is 138 Å². The summed E-state index contributed by atoms with van der Waals surface area (Å²) in [6.07, 6.45) is 1.73. The number of benzene rings is 1. The molecule has 1 heterocycles. The monoisotopic (exact) mass is 320 g/mol. The molecule has 0 aliphatic carbocycles. The van der Waals surface area contributed by atoms with Crippen LogP contribution in [0.2, 0.25) is 0 Å². The van der Waals surface area contributed by atoms with Crippen LogP contribution >= 0.6 is 0 Å². The molecule has 0 spiro atoms. The van der Waals surface area contributed by atoms with Crippen molar-refractivity contribution in [1.82, 2.24) is 10.2 Å². The van der Waals surface area contributed by atoms with E-state index in [4.69, 9.17) is 4.74 Å². The van der Waals surface area contributed by atoms with Crippen molar-refractivity contribution in [1.29, 1.82) is 0 Å². The molecule has 0 radical (unpaired) electrons. The molecule has 0 aromatic heterocycles. The molecule has 2 atom stereocenters. The normalized spacial score (nSPS) is 19.8. The van der Waals surface area contributed by atoms with Gasteiger partial charge in [0, 0.05) is 12.6 Å². The minimum Gasteiger partial charge on any atom is -0.491 e. The molecule has 1 aromatic rings. The molecule has 1 fully saturated rings. The number of nitrogens with one attached hydrogen (secondary N) is 1. The van der Waals surface area contributed by atoms with E-state index in [-0.39, 0.29) is 18.6 Å². The fourth-order valence-corrected chi connectivity index (χ4v) is 2.84. The Kier molecular flexibility index (Phi) is 6.42. The highest BCUT2D eigenvalue weighted by Crippen LogP contribution is 2.19. The fourth-order valence-electron chi connectivity index (χ4n) is 2.84. The molecule has 0 bridgehead atoms. The molecular weight excluding hydrogens is 292 g/mol. The van der Waals surface area contributed by atoms with E-state index in [1.807, 2.05) is 38.1 Å². The van der Waals surface area contributed by atoms with Gasteiger partial charge in [-0.1, -0.05) is 12.1 Å². The average molecular weight is 320 g/mol. The van der Waals surface area contributed by atoms with Crippen LogP contribution in [0.5, 0.6) is 5.75 Å². The van der Waals surface area contributed by atoms with Crippen LogP contribution in [0, 0.1) is 0 Å². The van der Waals surface area contributed by atoms with Gasteiger partial charge in [-0.15, -0.1) is 0 Å². The van der Waals surface area contributed by atoms with Crippen LogP contribution in [0.4, 0.5) is 0 Å². The van der Waals surface area contributed by atoms with Crippen LogP contribution < -0.4 is 10.1 Å². The highest BCUT2D eigenvalue weighted by Gasteiger charge is 2.22. The van der Waals surface area contributed by atoms with E-state index in [0.29, 0.717) is 12.6 Å². The third kappa shape index (κ3) is 5.52. The second-order valence-corrected chi connectivity index (χ2v) is 6.52. The molecule has 23 heavy (non-hydrogen) atoms. The van der Waals surface area contributed by atoms with Gasteiger partial charge in [-0.05, 0) is 57.9 Å². The number of nitrogens with zero attached hydrogens (tertiary/aromatic N) is 1. The maximum atomic E-state index is 12.0. The predicted molar refractivity (Wildman–Crippen MR) is 90.4 cm³/mol. The summed E-state index contributed by atoms with van der Waals surface area (Å²) in [6.45, 7) is 7.71. The Hall–Kier alpha value is -1.59. The highest BCUT2D eigenvalue weighted by molar-refractivity contribution is 5.78. The maximum absolute atomic E-state index is 12.0. The fraction of sp³-hybridized carbons (Fsp3) is 0.611. The van der Waals surface area contributed by atoms with E-state index in [0.717, 1.165) is 30.7 Å². The van der Waals surface area contributed by atoms with Crippen LogP contribution in [0.25, 0.3) is 0 Å². The minimum atomic E-state index is -0.706. The number of aliphatic hydroxyl groups is 1. The highest BCUT2D eigenvalue weighted by atomic mass is 16.5. The topological polar surface area (TPSA) is 61.8 Å². The van der Waals surface area contributed by atoms with Gasteiger partial charge >= 0.3 is 0 Å². The summed E-state index contributed by atoms with van der Waals surface area (Å²) in [7, 11) is 0. The smallest absolute Gasteiger partial charge is 0.234 e. The van der Waals surface area contributed by atoms with Crippen molar-refractivity contribution < 1.29 is 14.6 Å². The Morgan fingerprint density at radius 2 is 2.09 bits per heavy atom. The number of carbonyl (C=O) groups excluding carboxylic acids is 1. The lowest BCUT2D eigenvalue weighted by molar-refractivity contribution is -0.122. The first-order valence-corrected chi connectivity index (χ1v) is 8.41. The average Bonchev–Trinajstić information content (AvgIpc) is 2.90. The van der Waals surface area contributed by atoms with Crippen molar-refractivity contribution >= 4 is 5.91 Å². The van der Waals surface area contributed by atoms with E-state index in [1.165, 1.54) is 0 Å². The number of carbonyl (C=O) groups is 1. The zero-order valence-electron chi connectivity index (χ0n) is 14.3. The van der Waals surface area contributed by atoms with Crippen molar-refractivity contribution in [2.24, 2.45) is 0 Å². The molecule has 128 valence electrons. The van der Waals surface area contributed by atoms with Crippen LogP contribution in [0.15, 0.2) is 24.3 Å². The van der Waals surface area contributed by atoms with E-state index in [1.54, 1.807) is 0 Å². The van der Waals surface area contributed by atoms with Gasteiger partial charge in [-0.2, -0.15) is 0 Å². The van der Waals surface area contributed by atoms with Gasteiger partial charge < -0.3 is 15.2 Å². The van der Waals surface area contributed by atoms with Gasteiger partial charge in [0.2, 0.25) is 5.91 Å². The van der Waals surface area contributed by atoms with Crippen molar-refractivity contribution in [3.63, 3.8) is 0 Å². The molecule has 2 rings (SSSR count). The van der Waals surface area contributed by atoms with Crippen LogP contribution in [0.1, 0.15) is 45.3 Å². The van der Waals surface area contributed by atoms with Crippen molar-refractivity contribution in [3.8, 4) is 5.75 Å². The maximum Gasteiger partial charge on any atom is 0.234 e. The Morgan fingerprint density at radius 1 is 1.39 bits per heavy atom. The van der Waals surface area contributed by atoms with Gasteiger partial charge in [0.05, 0.1) is 18.8 Å². The minimum absolute atomic E-state index is 0.0300. The molecule has 0 saturated carbocycles. The molecule has 1 amide bonds. The first-order chi connectivity index (χ1) is 11.0. The van der Waals surface area contributed by atoms with E-state index in [9.17, 15) is 9.90 Å². The summed E-state index contributed by atoms with van der Waals surface area (Å²) in [5.74, 6) is 0.751. The quantitative estimate of drug-likeness (QED) is 0.808. The van der Waals surface area contributed by atoms with E-state index >= 15 is 0 Å². The Morgan fingerprint density at radius 3 is 2.65 bits per heavy atom. The first kappa shape index (κ1) is 17.8. The van der Waals surface area contributed by atoms with Crippen LogP contribution in [0.3, 0.4) is 0 Å². The third-order valence-electron chi connectivity index (χ3n) is 4.17. The molecule has 2 N–H and O–H groups in total. The lowest BCUT2D eigenvalue weighted by Crippen LogP contribution is -2.40. The third-order valence-corrected chi connectivity index (χ3v) is 4.17. The molecule has 5 nitrogen and oxygen atoms in total. The number of hydrogen-bond donors (Lipinski definition) is 2. The number of likely N-dealkylation sites (tertiary alicyclic amines) is 1. The standard InChI is InChI=1S/C18H28N2O3/c1-13(2)23-16-8-6-15(7-9-16)17(21)11-19-18(22)12-20-10-4-5-14(20)3/h6-9,13-14,17,21H,4-5,10-12H2,1-3H3,(H,19,22)/t14-,17+/m1/s1. The van der Waals surface area contributed by atoms with Crippen molar-refractivity contribution in [2.75, 3.05) is 19.6 Å². The second kappa shape index (κ2) is 8.31. The van der Waals surface area contributed by atoms with Crippen molar-refractivity contribution in [2.45, 2.75) is 51.9 Å². The van der Waals surface area contributed by atoms with E-state index in [2.05, 4.69) is 17.1 Å². The van der Waals surface area contributed by atoms with Gasteiger partial charge in [-0.3, -0.25) is 9.69 Å². The number of aliphatic hydroxyl groups excluding tert-OH is 1. The summed E-state index contributed by atoms with van der Waals surface area (Å²) in [5, 5.41) is 13.0. The summed E-state index contributed by atoms with van der Waals surface area (Å²) in [4.78, 5) is 14.2. The number of amides is 1. The number of rotatable bonds is 7. The molecule has 5 heteroatoms. The van der Waals surface area contributed by atoms with Gasteiger partial charge in [0.1, 0.15) is 5.75 Å². The number of hydrogen-bond acceptors (Lipinski definition) is 4. The Bertz CT molecular complexity index is 501. The second-order valence-electron chi connectivity index (χ2n) is 6.52. The number of ether oxygens (including phenoxy) is 1. The lowest BCUT2D eigenvalue weighted by Gasteiger charge is -2.20. The van der Waals surface area contributed by atoms with Crippen LogP contribution in [-0.4, -0.2) is 47.7 Å². The van der Waals surface area contributed by atoms with Crippen molar-refractivity contribution in [3.05, 3.63) is 29.8 Å². The first-order valence-electron chi connectivity index (χ1n) is 8.41. The summed E-state index contributed by atoms with van der Waals surface area (Å²) in [5.41, 5.74) is 0.774.